The van der Waals surface area contributed by atoms with Crippen LogP contribution in [0, 0.1) is 17.2 Å². The van der Waals surface area contributed by atoms with Crippen molar-refractivity contribution in [3.63, 3.8) is 0 Å². The summed E-state index contributed by atoms with van der Waals surface area (Å²) in [6.07, 6.45) is 5.37. The Kier molecular flexibility index (Phi) is 3.94. The van der Waals surface area contributed by atoms with Crippen molar-refractivity contribution in [2.45, 2.75) is 20.3 Å². The van der Waals surface area contributed by atoms with E-state index in [2.05, 4.69) is 32.1 Å². The molecule has 1 aromatic rings. The van der Waals surface area contributed by atoms with E-state index in [1.165, 1.54) is 0 Å². The fourth-order valence-electron chi connectivity index (χ4n) is 1.15. The smallest absolute Gasteiger partial charge is 0.0991 e. The quantitative estimate of drug-likeness (QED) is 0.705. The van der Waals surface area contributed by atoms with Crippen molar-refractivity contribution in [3.05, 3.63) is 41.5 Å². The van der Waals surface area contributed by atoms with E-state index in [-0.39, 0.29) is 0 Å². The third kappa shape index (κ3) is 3.45. The lowest BCUT2D eigenvalue weighted by Gasteiger charge is -1.97. The molecule has 0 atom stereocenters. The van der Waals surface area contributed by atoms with E-state index in [1.807, 2.05) is 24.3 Å². The molecule has 0 spiro atoms. The van der Waals surface area contributed by atoms with E-state index in [0.717, 1.165) is 12.0 Å². The van der Waals surface area contributed by atoms with Gasteiger partial charge in [0.25, 0.3) is 0 Å². The summed E-state index contributed by atoms with van der Waals surface area (Å²) < 4.78 is 0. The fraction of sp³-hybridized carbons (Fsp3) is 0.308. The Morgan fingerprint density at radius 2 is 1.93 bits per heavy atom. The molecule has 0 aliphatic rings. The largest absolute Gasteiger partial charge is 0.192 e. The maximum atomic E-state index is 8.61. The molecule has 0 amide bonds. The minimum atomic E-state index is 0.699. The second kappa shape index (κ2) is 5.24. The minimum absolute atomic E-state index is 0.699. The van der Waals surface area contributed by atoms with Gasteiger partial charge in [-0.3, -0.25) is 0 Å². The molecule has 1 nitrogen and oxygen atoms in total. The summed E-state index contributed by atoms with van der Waals surface area (Å²) in [7, 11) is 0. The third-order valence-corrected chi connectivity index (χ3v) is 1.96. The summed E-state index contributed by atoms with van der Waals surface area (Å²) in [4.78, 5) is 0. The van der Waals surface area contributed by atoms with Crippen molar-refractivity contribution in [2.75, 3.05) is 0 Å². The zero-order valence-corrected chi connectivity index (χ0v) is 8.70. The number of hydrogen-bond acceptors (Lipinski definition) is 1. The van der Waals surface area contributed by atoms with Gasteiger partial charge in [0.05, 0.1) is 11.6 Å². The van der Waals surface area contributed by atoms with Crippen LogP contribution in [0.3, 0.4) is 0 Å². The first-order valence-corrected chi connectivity index (χ1v) is 4.89. The number of benzene rings is 1. The van der Waals surface area contributed by atoms with Crippen LogP contribution in [0.1, 0.15) is 31.4 Å². The summed E-state index contributed by atoms with van der Waals surface area (Å²) >= 11 is 0. The van der Waals surface area contributed by atoms with E-state index in [1.54, 1.807) is 0 Å². The molecule has 0 aromatic heterocycles. The number of nitrogens with zero attached hydrogens (tertiary/aromatic N) is 1. The van der Waals surface area contributed by atoms with Gasteiger partial charge >= 0.3 is 0 Å². The first-order chi connectivity index (χ1) is 6.72. The SMILES string of the molecule is CC(C)C/C=C/c1ccc(C#N)cc1. The first-order valence-electron chi connectivity index (χ1n) is 4.89. The molecule has 0 saturated carbocycles. The Morgan fingerprint density at radius 3 is 2.43 bits per heavy atom. The maximum absolute atomic E-state index is 8.61. The average Bonchev–Trinajstić information content (AvgIpc) is 2.18. The molecule has 1 rings (SSSR count). The Labute approximate surface area is 85.7 Å². The summed E-state index contributed by atoms with van der Waals surface area (Å²) in [5.41, 5.74) is 1.87. The van der Waals surface area contributed by atoms with Gasteiger partial charge in [0.2, 0.25) is 0 Å². The van der Waals surface area contributed by atoms with Gasteiger partial charge in [-0.2, -0.15) is 5.26 Å². The lowest BCUT2D eigenvalue weighted by Crippen LogP contribution is -1.81. The molecule has 1 heteroatoms. The van der Waals surface area contributed by atoms with Crippen molar-refractivity contribution >= 4 is 6.08 Å². The van der Waals surface area contributed by atoms with Gasteiger partial charge < -0.3 is 0 Å². The lowest BCUT2D eigenvalue weighted by atomic mass is 10.1. The molecule has 0 bridgehead atoms. The number of nitriles is 1. The zero-order valence-electron chi connectivity index (χ0n) is 8.70. The standard InChI is InChI=1S/C13H15N/c1-11(2)4-3-5-12-6-8-13(10-14)9-7-12/h3,5-9,11H,4H2,1-2H3/b5-3+. The van der Waals surface area contributed by atoms with E-state index in [4.69, 9.17) is 5.26 Å². The molecule has 0 radical (unpaired) electrons. The van der Waals surface area contributed by atoms with Crippen LogP contribution in [-0.4, -0.2) is 0 Å². The van der Waals surface area contributed by atoms with E-state index >= 15 is 0 Å². The highest BCUT2D eigenvalue weighted by atomic mass is 14.2. The highest BCUT2D eigenvalue weighted by Gasteiger charge is 1.90. The molecule has 0 unspecified atom stereocenters. The average molecular weight is 185 g/mol. The van der Waals surface area contributed by atoms with Crippen LogP contribution in [0.25, 0.3) is 6.08 Å². The maximum Gasteiger partial charge on any atom is 0.0991 e. The third-order valence-electron chi connectivity index (χ3n) is 1.96. The summed E-state index contributed by atoms with van der Waals surface area (Å²) in [6.45, 7) is 4.40. The number of hydrogen-bond donors (Lipinski definition) is 0. The van der Waals surface area contributed by atoms with Crippen molar-refractivity contribution in [3.8, 4) is 6.07 Å². The van der Waals surface area contributed by atoms with E-state index in [0.29, 0.717) is 11.5 Å². The summed E-state index contributed by atoms with van der Waals surface area (Å²) in [6, 6.07) is 9.72. The highest BCUT2D eigenvalue weighted by molar-refractivity contribution is 5.50. The van der Waals surface area contributed by atoms with Crippen LogP contribution in [0.15, 0.2) is 30.3 Å². The molecule has 0 aliphatic carbocycles. The van der Waals surface area contributed by atoms with Crippen LogP contribution < -0.4 is 0 Å². The molecule has 0 N–H and O–H groups in total. The number of rotatable bonds is 3. The van der Waals surface area contributed by atoms with Gasteiger partial charge in [0.15, 0.2) is 0 Å². The first kappa shape index (κ1) is 10.5. The van der Waals surface area contributed by atoms with Crippen LogP contribution in [0.5, 0.6) is 0 Å². The Balaban J connectivity index is 2.61. The summed E-state index contributed by atoms with van der Waals surface area (Å²) in [5.74, 6) is 0.699. The molecule has 14 heavy (non-hydrogen) atoms. The van der Waals surface area contributed by atoms with Crippen molar-refractivity contribution in [1.29, 1.82) is 5.26 Å². The van der Waals surface area contributed by atoms with Gasteiger partial charge in [-0.25, -0.2) is 0 Å². The van der Waals surface area contributed by atoms with Crippen molar-refractivity contribution in [2.24, 2.45) is 5.92 Å². The monoisotopic (exact) mass is 185 g/mol. The second-order valence-electron chi connectivity index (χ2n) is 3.77. The molecule has 0 aliphatic heterocycles. The predicted molar refractivity (Wildman–Crippen MR) is 59.6 cm³/mol. The fourth-order valence-corrected chi connectivity index (χ4v) is 1.15. The Bertz CT molecular complexity index is 338. The molecule has 72 valence electrons. The van der Waals surface area contributed by atoms with E-state index < -0.39 is 0 Å². The Morgan fingerprint density at radius 1 is 1.29 bits per heavy atom. The van der Waals surface area contributed by atoms with Gasteiger partial charge in [-0.05, 0) is 30.0 Å². The topological polar surface area (TPSA) is 23.8 Å². The number of allylic oxidation sites excluding steroid dienone is 1. The highest BCUT2D eigenvalue weighted by Crippen LogP contribution is 2.07. The van der Waals surface area contributed by atoms with Crippen LogP contribution in [0.2, 0.25) is 0 Å². The van der Waals surface area contributed by atoms with Crippen LogP contribution in [0.4, 0.5) is 0 Å². The van der Waals surface area contributed by atoms with Crippen LogP contribution >= 0.6 is 0 Å². The molecule has 0 fully saturated rings. The van der Waals surface area contributed by atoms with Crippen molar-refractivity contribution in [1.82, 2.24) is 0 Å². The van der Waals surface area contributed by atoms with Crippen molar-refractivity contribution < 1.29 is 0 Å². The molecule has 0 saturated heterocycles. The molecule has 0 heterocycles. The zero-order chi connectivity index (χ0) is 10.4. The van der Waals surface area contributed by atoms with Crippen LogP contribution in [-0.2, 0) is 0 Å². The van der Waals surface area contributed by atoms with Gasteiger partial charge in [-0.15, -0.1) is 0 Å². The van der Waals surface area contributed by atoms with Gasteiger partial charge in [0, 0.05) is 0 Å². The minimum Gasteiger partial charge on any atom is -0.192 e. The predicted octanol–water partition coefficient (Wildman–Crippen LogP) is 3.62. The Hall–Kier alpha value is -1.55. The van der Waals surface area contributed by atoms with E-state index in [9.17, 15) is 0 Å². The van der Waals surface area contributed by atoms with Gasteiger partial charge in [-0.1, -0.05) is 38.1 Å². The van der Waals surface area contributed by atoms with Gasteiger partial charge in [0.1, 0.15) is 0 Å². The second-order valence-corrected chi connectivity index (χ2v) is 3.77. The molecular weight excluding hydrogens is 170 g/mol. The molecule has 1 aromatic carbocycles. The normalized spacial score (nSPS) is 10.7. The lowest BCUT2D eigenvalue weighted by molar-refractivity contribution is 0.665. The summed E-state index contributed by atoms with van der Waals surface area (Å²) in [5, 5.41) is 8.61. The molecular formula is C13H15N.